The first-order chi connectivity index (χ1) is 7.18. The van der Waals surface area contributed by atoms with Gasteiger partial charge in [0.25, 0.3) is 0 Å². The molecule has 0 heterocycles. The molecular formula is C13H20N2. The maximum absolute atomic E-state index is 5.87. The lowest BCUT2D eigenvalue weighted by Gasteiger charge is -2.17. The van der Waals surface area contributed by atoms with Crippen LogP contribution in [0.2, 0.25) is 0 Å². The fourth-order valence-corrected chi connectivity index (χ4v) is 2.29. The minimum Gasteiger partial charge on any atom is -0.399 e. The van der Waals surface area contributed by atoms with Gasteiger partial charge >= 0.3 is 0 Å². The Morgan fingerprint density at radius 2 is 1.80 bits per heavy atom. The van der Waals surface area contributed by atoms with Crippen molar-refractivity contribution in [3.8, 4) is 0 Å². The number of hydrogen-bond acceptors (Lipinski definition) is 2. The van der Waals surface area contributed by atoms with E-state index in [-0.39, 0.29) is 0 Å². The van der Waals surface area contributed by atoms with Gasteiger partial charge in [-0.25, -0.2) is 0 Å². The van der Waals surface area contributed by atoms with E-state index in [1.807, 2.05) is 6.07 Å². The van der Waals surface area contributed by atoms with Crippen molar-refractivity contribution in [2.45, 2.75) is 45.6 Å². The lowest BCUT2D eigenvalue weighted by atomic mass is 10.1. The highest BCUT2D eigenvalue weighted by molar-refractivity contribution is 5.63. The van der Waals surface area contributed by atoms with Crippen molar-refractivity contribution in [1.29, 1.82) is 0 Å². The van der Waals surface area contributed by atoms with Crippen molar-refractivity contribution >= 4 is 11.4 Å². The van der Waals surface area contributed by atoms with Crippen molar-refractivity contribution in [2.24, 2.45) is 0 Å². The zero-order chi connectivity index (χ0) is 10.8. The third kappa shape index (κ3) is 2.09. The highest BCUT2D eigenvalue weighted by Crippen LogP contribution is 2.27. The molecule has 0 unspecified atom stereocenters. The Balaban J connectivity index is 2.17. The van der Waals surface area contributed by atoms with Crippen LogP contribution in [0.15, 0.2) is 12.1 Å². The van der Waals surface area contributed by atoms with E-state index in [4.69, 9.17) is 5.73 Å². The summed E-state index contributed by atoms with van der Waals surface area (Å²) in [7, 11) is 0. The van der Waals surface area contributed by atoms with Crippen LogP contribution < -0.4 is 11.1 Å². The van der Waals surface area contributed by atoms with Gasteiger partial charge in [0.2, 0.25) is 0 Å². The van der Waals surface area contributed by atoms with E-state index in [1.165, 1.54) is 42.5 Å². The van der Waals surface area contributed by atoms with Gasteiger partial charge in [0, 0.05) is 17.4 Å². The molecule has 15 heavy (non-hydrogen) atoms. The summed E-state index contributed by atoms with van der Waals surface area (Å²) in [5, 5.41) is 3.62. The van der Waals surface area contributed by atoms with Gasteiger partial charge in [0.05, 0.1) is 0 Å². The fraction of sp³-hybridized carbons (Fsp3) is 0.538. The molecule has 2 rings (SSSR count). The van der Waals surface area contributed by atoms with Crippen LogP contribution in [-0.4, -0.2) is 6.04 Å². The molecule has 1 aliphatic carbocycles. The predicted molar refractivity (Wildman–Crippen MR) is 66.2 cm³/mol. The summed E-state index contributed by atoms with van der Waals surface area (Å²) in [4.78, 5) is 0. The first kappa shape index (κ1) is 10.3. The molecule has 0 atom stereocenters. The zero-order valence-corrected chi connectivity index (χ0v) is 9.64. The molecule has 1 saturated carbocycles. The van der Waals surface area contributed by atoms with Crippen LogP contribution in [0.1, 0.15) is 36.8 Å². The summed E-state index contributed by atoms with van der Waals surface area (Å²) in [5.74, 6) is 0. The fourth-order valence-electron chi connectivity index (χ4n) is 2.29. The highest BCUT2D eigenvalue weighted by Gasteiger charge is 2.15. The van der Waals surface area contributed by atoms with Crippen molar-refractivity contribution in [1.82, 2.24) is 0 Å². The van der Waals surface area contributed by atoms with Crippen LogP contribution in [0.3, 0.4) is 0 Å². The van der Waals surface area contributed by atoms with Gasteiger partial charge in [-0.2, -0.15) is 0 Å². The number of hydrogen-bond donors (Lipinski definition) is 2. The number of benzene rings is 1. The van der Waals surface area contributed by atoms with Crippen molar-refractivity contribution in [3.63, 3.8) is 0 Å². The molecule has 82 valence electrons. The maximum Gasteiger partial charge on any atom is 0.0376 e. The van der Waals surface area contributed by atoms with Gasteiger partial charge in [-0.05, 0) is 49.9 Å². The molecule has 3 N–H and O–H groups in total. The molecule has 0 aliphatic heterocycles. The second-order valence-electron chi connectivity index (χ2n) is 4.58. The van der Waals surface area contributed by atoms with Crippen LogP contribution in [0, 0.1) is 13.8 Å². The monoisotopic (exact) mass is 204 g/mol. The molecule has 1 aliphatic rings. The molecule has 0 amide bonds. The normalized spacial score (nSPS) is 16.9. The molecule has 0 aromatic heterocycles. The van der Waals surface area contributed by atoms with Gasteiger partial charge < -0.3 is 11.1 Å². The van der Waals surface area contributed by atoms with Gasteiger partial charge in [0.15, 0.2) is 0 Å². The third-order valence-corrected chi connectivity index (χ3v) is 3.54. The molecule has 0 saturated heterocycles. The number of rotatable bonds is 2. The Morgan fingerprint density at radius 1 is 1.13 bits per heavy atom. The minimum atomic E-state index is 0.673. The summed E-state index contributed by atoms with van der Waals surface area (Å²) in [6.07, 6.45) is 5.35. The van der Waals surface area contributed by atoms with Crippen molar-refractivity contribution < 1.29 is 0 Å². The zero-order valence-electron chi connectivity index (χ0n) is 9.64. The number of nitrogen functional groups attached to an aromatic ring is 1. The SMILES string of the molecule is Cc1c(N)ccc(NC2CCCC2)c1C. The second kappa shape index (κ2) is 4.13. The van der Waals surface area contributed by atoms with E-state index in [0.717, 1.165) is 5.69 Å². The van der Waals surface area contributed by atoms with E-state index in [9.17, 15) is 0 Å². The standard InChI is InChI=1S/C13H20N2/c1-9-10(2)13(8-7-12(9)14)15-11-5-3-4-6-11/h7-8,11,15H,3-6,14H2,1-2H3. The Bertz CT molecular complexity index is 352. The van der Waals surface area contributed by atoms with Crippen molar-refractivity contribution in [3.05, 3.63) is 23.3 Å². The Labute approximate surface area is 91.9 Å². The molecule has 0 spiro atoms. The van der Waals surface area contributed by atoms with Crippen molar-refractivity contribution in [2.75, 3.05) is 11.1 Å². The lowest BCUT2D eigenvalue weighted by Crippen LogP contribution is -2.15. The second-order valence-corrected chi connectivity index (χ2v) is 4.58. The first-order valence-corrected chi connectivity index (χ1v) is 5.80. The van der Waals surface area contributed by atoms with Crippen LogP contribution in [0.25, 0.3) is 0 Å². The number of nitrogens with two attached hydrogens (primary N) is 1. The van der Waals surface area contributed by atoms with Gasteiger partial charge in [-0.15, -0.1) is 0 Å². The summed E-state index contributed by atoms with van der Waals surface area (Å²) < 4.78 is 0. The lowest BCUT2D eigenvalue weighted by molar-refractivity contribution is 0.754. The molecular weight excluding hydrogens is 184 g/mol. The first-order valence-electron chi connectivity index (χ1n) is 5.80. The largest absolute Gasteiger partial charge is 0.399 e. The van der Waals surface area contributed by atoms with Gasteiger partial charge in [-0.1, -0.05) is 12.8 Å². The number of anilines is 2. The molecule has 0 bridgehead atoms. The van der Waals surface area contributed by atoms with E-state index in [0.29, 0.717) is 6.04 Å². The summed E-state index contributed by atoms with van der Waals surface area (Å²) >= 11 is 0. The van der Waals surface area contributed by atoms with Crippen LogP contribution in [0.4, 0.5) is 11.4 Å². The molecule has 1 aromatic carbocycles. The average molecular weight is 204 g/mol. The molecule has 1 aromatic rings. The summed E-state index contributed by atoms with van der Waals surface area (Å²) in [6.45, 7) is 4.23. The quantitative estimate of drug-likeness (QED) is 0.726. The molecule has 0 radical (unpaired) electrons. The maximum atomic E-state index is 5.87. The highest BCUT2D eigenvalue weighted by atomic mass is 14.9. The van der Waals surface area contributed by atoms with Gasteiger partial charge in [-0.3, -0.25) is 0 Å². The van der Waals surface area contributed by atoms with E-state index in [2.05, 4.69) is 25.2 Å². The third-order valence-electron chi connectivity index (χ3n) is 3.54. The van der Waals surface area contributed by atoms with E-state index in [1.54, 1.807) is 0 Å². The molecule has 2 nitrogen and oxygen atoms in total. The Morgan fingerprint density at radius 3 is 2.47 bits per heavy atom. The molecule has 2 heteroatoms. The van der Waals surface area contributed by atoms with Gasteiger partial charge in [0.1, 0.15) is 0 Å². The Kier molecular flexibility index (Phi) is 2.85. The summed E-state index contributed by atoms with van der Waals surface area (Å²) in [6, 6.07) is 4.78. The minimum absolute atomic E-state index is 0.673. The van der Waals surface area contributed by atoms with E-state index < -0.39 is 0 Å². The number of nitrogens with one attached hydrogen (secondary N) is 1. The Hall–Kier alpha value is -1.18. The smallest absolute Gasteiger partial charge is 0.0376 e. The summed E-state index contributed by atoms with van der Waals surface area (Å²) in [5.41, 5.74) is 10.5. The van der Waals surface area contributed by atoms with Crippen LogP contribution in [0.5, 0.6) is 0 Å². The average Bonchev–Trinajstić information content (AvgIpc) is 2.72. The van der Waals surface area contributed by atoms with E-state index >= 15 is 0 Å². The predicted octanol–water partition coefficient (Wildman–Crippen LogP) is 3.24. The van der Waals surface area contributed by atoms with Crippen LogP contribution >= 0.6 is 0 Å². The molecule has 1 fully saturated rings. The topological polar surface area (TPSA) is 38.0 Å². The van der Waals surface area contributed by atoms with Crippen LogP contribution in [-0.2, 0) is 0 Å².